The lowest BCUT2D eigenvalue weighted by molar-refractivity contribution is -0.0765. The quantitative estimate of drug-likeness (QED) is 0.892. The molecule has 1 aromatic rings. The minimum Gasteiger partial charge on any atom is -0.387 e. The van der Waals surface area contributed by atoms with Crippen LogP contribution in [0.4, 0.5) is 0 Å². The van der Waals surface area contributed by atoms with Crippen molar-refractivity contribution in [3.63, 3.8) is 0 Å². The van der Waals surface area contributed by atoms with Crippen LogP contribution in [0.3, 0.4) is 0 Å². The maximum Gasteiger partial charge on any atom is 0.218 e. The summed E-state index contributed by atoms with van der Waals surface area (Å²) < 4.78 is 25.8. The Morgan fingerprint density at radius 2 is 1.90 bits per heavy atom. The molecule has 2 aliphatic rings. The molecule has 0 aromatic heterocycles. The van der Waals surface area contributed by atoms with Gasteiger partial charge in [0.05, 0.1) is 23.0 Å². The van der Waals surface area contributed by atoms with E-state index in [-0.39, 0.29) is 24.8 Å². The molecule has 1 aromatic carbocycles. The van der Waals surface area contributed by atoms with Crippen molar-refractivity contribution in [3.05, 3.63) is 35.4 Å². The summed E-state index contributed by atoms with van der Waals surface area (Å²) in [4.78, 5) is 0. The van der Waals surface area contributed by atoms with E-state index in [1.54, 1.807) is 24.3 Å². The minimum absolute atomic E-state index is 0.0839. The number of rotatable bonds is 4. The Morgan fingerprint density at radius 1 is 1.30 bits per heavy atom. The fourth-order valence-electron chi connectivity index (χ4n) is 2.62. The van der Waals surface area contributed by atoms with Gasteiger partial charge in [-0.1, -0.05) is 12.1 Å². The Kier molecular flexibility index (Phi) is 3.09. The summed E-state index contributed by atoms with van der Waals surface area (Å²) in [5, 5.41) is 18.9. The molecule has 0 amide bonds. The van der Waals surface area contributed by atoms with Gasteiger partial charge in [-0.05, 0) is 36.5 Å². The molecule has 6 heteroatoms. The summed E-state index contributed by atoms with van der Waals surface area (Å²) in [6.07, 6.45) is 2.00. The van der Waals surface area contributed by atoms with Gasteiger partial charge in [-0.25, -0.2) is 8.42 Å². The number of benzene rings is 1. The highest BCUT2D eigenvalue weighted by Crippen LogP contribution is 2.45. The van der Waals surface area contributed by atoms with Gasteiger partial charge in [0.1, 0.15) is 0 Å². The van der Waals surface area contributed by atoms with Crippen molar-refractivity contribution < 1.29 is 13.5 Å². The molecule has 1 aliphatic heterocycles. The standard InChI is InChI=1S/C14H16N2O3S/c15-7-11-1-3-12(4-2-11)8-20(18,19)16-9-14(17,10-16)13-5-6-13/h1-4,13,17H,5-6,8-10H2. The first-order chi connectivity index (χ1) is 9.43. The lowest BCUT2D eigenvalue weighted by Crippen LogP contribution is -2.64. The number of nitriles is 1. The molecule has 1 saturated carbocycles. The summed E-state index contributed by atoms with van der Waals surface area (Å²) in [5.41, 5.74) is 0.377. The topological polar surface area (TPSA) is 81.4 Å². The normalized spacial score (nSPS) is 22.0. The highest BCUT2D eigenvalue weighted by molar-refractivity contribution is 7.88. The third-order valence-corrected chi connectivity index (χ3v) is 5.81. The Bertz CT molecular complexity index is 651. The van der Waals surface area contributed by atoms with Crippen molar-refractivity contribution >= 4 is 10.0 Å². The van der Waals surface area contributed by atoms with Gasteiger partial charge in [0, 0.05) is 13.1 Å². The van der Waals surface area contributed by atoms with Crippen LogP contribution in [0.5, 0.6) is 0 Å². The van der Waals surface area contributed by atoms with Crippen LogP contribution in [-0.2, 0) is 15.8 Å². The van der Waals surface area contributed by atoms with Crippen LogP contribution in [0.25, 0.3) is 0 Å². The van der Waals surface area contributed by atoms with Crippen LogP contribution in [0.1, 0.15) is 24.0 Å². The molecular weight excluding hydrogens is 276 g/mol. The largest absolute Gasteiger partial charge is 0.387 e. The van der Waals surface area contributed by atoms with Crippen LogP contribution in [0.15, 0.2) is 24.3 Å². The maximum atomic E-state index is 12.2. The fourth-order valence-corrected chi connectivity index (χ4v) is 4.25. The van der Waals surface area contributed by atoms with E-state index >= 15 is 0 Å². The third kappa shape index (κ3) is 2.44. The van der Waals surface area contributed by atoms with Gasteiger partial charge < -0.3 is 5.11 Å². The number of hydrogen-bond acceptors (Lipinski definition) is 4. The van der Waals surface area contributed by atoms with E-state index in [0.717, 1.165) is 12.8 Å². The zero-order valence-electron chi connectivity index (χ0n) is 11.0. The molecule has 2 fully saturated rings. The van der Waals surface area contributed by atoms with Gasteiger partial charge >= 0.3 is 0 Å². The number of aliphatic hydroxyl groups is 1. The van der Waals surface area contributed by atoms with E-state index in [1.165, 1.54) is 4.31 Å². The van der Waals surface area contributed by atoms with E-state index < -0.39 is 15.6 Å². The van der Waals surface area contributed by atoms with Crippen LogP contribution < -0.4 is 0 Å². The molecule has 0 spiro atoms. The number of nitrogens with zero attached hydrogens (tertiary/aromatic N) is 2. The smallest absolute Gasteiger partial charge is 0.218 e. The summed E-state index contributed by atoms with van der Waals surface area (Å²) in [7, 11) is -3.38. The second kappa shape index (κ2) is 4.55. The monoisotopic (exact) mass is 292 g/mol. The highest BCUT2D eigenvalue weighted by atomic mass is 32.2. The first-order valence-electron chi connectivity index (χ1n) is 6.62. The van der Waals surface area contributed by atoms with E-state index in [1.807, 2.05) is 6.07 Å². The molecule has 0 radical (unpaired) electrons. The summed E-state index contributed by atoms with van der Waals surface area (Å²) >= 11 is 0. The van der Waals surface area contributed by atoms with Gasteiger partial charge in [0.25, 0.3) is 0 Å². The predicted octanol–water partition coefficient (Wildman–Crippen LogP) is 0.845. The molecule has 1 saturated heterocycles. The highest BCUT2D eigenvalue weighted by Gasteiger charge is 2.54. The molecule has 1 aliphatic carbocycles. The average molecular weight is 292 g/mol. The molecule has 1 N–H and O–H groups in total. The Labute approximate surface area is 118 Å². The minimum atomic E-state index is -3.38. The maximum absolute atomic E-state index is 12.2. The van der Waals surface area contributed by atoms with Crippen LogP contribution in [0, 0.1) is 17.2 Å². The molecule has 106 valence electrons. The fraction of sp³-hybridized carbons (Fsp3) is 0.500. The molecule has 0 unspecified atom stereocenters. The second-order valence-corrected chi connectivity index (χ2v) is 7.68. The van der Waals surface area contributed by atoms with Crippen LogP contribution in [-0.4, -0.2) is 36.5 Å². The second-order valence-electron chi connectivity index (χ2n) is 5.71. The van der Waals surface area contributed by atoms with Crippen molar-refractivity contribution in [2.24, 2.45) is 5.92 Å². The first-order valence-corrected chi connectivity index (χ1v) is 8.23. The van der Waals surface area contributed by atoms with E-state index in [0.29, 0.717) is 11.1 Å². The molecular formula is C14H16N2O3S. The molecule has 3 rings (SSSR count). The third-order valence-electron chi connectivity index (χ3n) is 4.06. The summed E-state index contributed by atoms with van der Waals surface area (Å²) in [5.74, 6) is 0.197. The number of β-amino-alcohol motifs (C(OH)–C–C–N with tert-alkyl or cyclic N) is 1. The average Bonchev–Trinajstić information content (AvgIpc) is 3.20. The van der Waals surface area contributed by atoms with E-state index in [4.69, 9.17) is 5.26 Å². The molecule has 0 atom stereocenters. The van der Waals surface area contributed by atoms with Gasteiger partial charge in [-0.3, -0.25) is 0 Å². The molecule has 5 nitrogen and oxygen atoms in total. The lowest BCUT2D eigenvalue weighted by Gasteiger charge is -2.45. The first kappa shape index (κ1) is 13.6. The summed E-state index contributed by atoms with van der Waals surface area (Å²) in [6.45, 7) is 0.437. The van der Waals surface area contributed by atoms with Gasteiger partial charge in [0.15, 0.2) is 0 Å². The Morgan fingerprint density at radius 3 is 2.40 bits per heavy atom. The van der Waals surface area contributed by atoms with Crippen molar-refractivity contribution in [2.75, 3.05) is 13.1 Å². The molecule has 0 bridgehead atoms. The van der Waals surface area contributed by atoms with Gasteiger partial charge in [-0.15, -0.1) is 0 Å². The zero-order valence-corrected chi connectivity index (χ0v) is 11.8. The van der Waals surface area contributed by atoms with Crippen LogP contribution in [0.2, 0.25) is 0 Å². The zero-order chi connectivity index (χ0) is 14.4. The van der Waals surface area contributed by atoms with Crippen LogP contribution >= 0.6 is 0 Å². The van der Waals surface area contributed by atoms with Crippen molar-refractivity contribution in [3.8, 4) is 6.07 Å². The lowest BCUT2D eigenvalue weighted by atomic mass is 9.91. The van der Waals surface area contributed by atoms with E-state index in [9.17, 15) is 13.5 Å². The van der Waals surface area contributed by atoms with Crippen molar-refractivity contribution in [2.45, 2.75) is 24.2 Å². The Hall–Kier alpha value is -1.42. The van der Waals surface area contributed by atoms with Gasteiger partial charge in [-0.2, -0.15) is 9.57 Å². The van der Waals surface area contributed by atoms with Crippen molar-refractivity contribution in [1.82, 2.24) is 4.31 Å². The van der Waals surface area contributed by atoms with Crippen molar-refractivity contribution in [1.29, 1.82) is 5.26 Å². The summed E-state index contributed by atoms with van der Waals surface area (Å²) in [6, 6.07) is 8.54. The predicted molar refractivity (Wildman–Crippen MR) is 73.0 cm³/mol. The molecule has 20 heavy (non-hydrogen) atoms. The van der Waals surface area contributed by atoms with E-state index in [2.05, 4.69) is 0 Å². The molecule has 1 heterocycles. The number of hydrogen-bond donors (Lipinski definition) is 1. The Balaban J connectivity index is 1.66. The SMILES string of the molecule is N#Cc1ccc(CS(=O)(=O)N2CC(O)(C3CC3)C2)cc1. The van der Waals surface area contributed by atoms with Gasteiger partial charge in [0.2, 0.25) is 10.0 Å². The number of sulfonamides is 1.